The largest absolute Gasteiger partial charge is 0.456 e. The van der Waals surface area contributed by atoms with Gasteiger partial charge in [-0.2, -0.15) is 5.10 Å². The quantitative estimate of drug-likeness (QED) is 0.434. The van der Waals surface area contributed by atoms with Crippen molar-refractivity contribution < 1.29 is 19.1 Å². The molecule has 2 aromatic heterocycles. The second-order valence-electron chi connectivity index (χ2n) is 9.68. The van der Waals surface area contributed by atoms with E-state index in [2.05, 4.69) is 15.4 Å². The van der Waals surface area contributed by atoms with E-state index >= 15 is 0 Å². The van der Waals surface area contributed by atoms with E-state index in [9.17, 15) is 9.59 Å². The molecule has 0 aliphatic heterocycles. The molecule has 10 heteroatoms. The highest BCUT2D eigenvalue weighted by atomic mass is 32.2. The molecule has 3 aromatic rings. The molecule has 8 nitrogen and oxygen atoms in total. The summed E-state index contributed by atoms with van der Waals surface area (Å²) in [6.07, 6.45) is 4.93. The van der Waals surface area contributed by atoms with Crippen LogP contribution in [0.1, 0.15) is 56.9 Å². The summed E-state index contributed by atoms with van der Waals surface area (Å²) in [7, 11) is 1.85. The van der Waals surface area contributed by atoms with Crippen molar-refractivity contribution in [3.8, 4) is 11.1 Å². The summed E-state index contributed by atoms with van der Waals surface area (Å²) in [5.74, 6) is -0.383. The van der Waals surface area contributed by atoms with Crippen molar-refractivity contribution >= 4 is 35.2 Å². The molecule has 3 rings (SSSR count). The Balaban J connectivity index is 1.79. The maximum atomic E-state index is 12.8. The number of amides is 1. The van der Waals surface area contributed by atoms with Gasteiger partial charge < -0.3 is 14.8 Å². The van der Waals surface area contributed by atoms with Gasteiger partial charge in [-0.05, 0) is 65.3 Å². The summed E-state index contributed by atoms with van der Waals surface area (Å²) in [5, 5.41) is 7.71. The van der Waals surface area contributed by atoms with Crippen LogP contribution in [-0.4, -0.2) is 38.0 Å². The van der Waals surface area contributed by atoms with E-state index < -0.39 is 17.3 Å². The van der Waals surface area contributed by atoms with Gasteiger partial charge in [0.1, 0.15) is 16.2 Å². The number of nitrogens with one attached hydrogen (secondary N) is 1. The zero-order valence-corrected chi connectivity index (χ0v) is 22.1. The van der Waals surface area contributed by atoms with Gasteiger partial charge >= 0.3 is 12.1 Å². The van der Waals surface area contributed by atoms with Gasteiger partial charge in [-0.1, -0.05) is 11.8 Å². The fourth-order valence-corrected chi connectivity index (χ4v) is 4.89. The first-order chi connectivity index (χ1) is 15.8. The fraction of sp³-hybridized carbons (Fsp3) is 0.417. The molecule has 1 N–H and O–H groups in total. The standard InChI is InChI=1S/C24H30N4O4S2/c1-23(2,3)31-21(29)16-8-15(17-11-27-28(7)14-17)9-18(10-16)33-20-13-25-19(34-20)12-26-22(30)32-24(4,5)6/h8-11,13-14H,12H2,1-7H3,(H,26,30). The van der Waals surface area contributed by atoms with E-state index in [1.807, 2.05) is 73.0 Å². The van der Waals surface area contributed by atoms with Crippen molar-refractivity contribution in [2.75, 3.05) is 0 Å². The minimum atomic E-state index is -0.595. The average molecular weight is 503 g/mol. The molecule has 0 bridgehead atoms. The molecule has 0 spiro atoms. The number of aromatic nitrogens is 3. The summed E-state index contributed by atoms with van der Waals surface area (Å²) in [5.41, 5.74) is 1.09. The Labute approximate surface area is 208 Å². The van der Waals surface area contributed by atoms with E-state index in [-0.39, 0.29) is 12.5 Å². The van der Waals surface area contributed by atoms with Gasteiger partial charge in [0, 0.05) is 23.7 Å². The van der Waals surface area contributed by atoms with Crippen LogP contribution in [0.3, 0.4) is 0 Å². The third kappa shape index (κ3) is 7.88. The second kappa shape index (κ2) is 10.2. The first-order valence-electron chi connectivity index (χ1n) is 10.7. The number of aryl methyl sites for hydroxylation is 1. The topological polar surface area (TPSA) is 95.3 Å². The van der Waals surface area contributed by atoms with Crippen LogP contribution >= 0.6 is 23.1 Å². The van der Waals surface area contributed by atoms with E-state index in [0.29, 0.717) is 5.56 Å². The molecule has 0 atom stereocenters. The number of nitrogens with zero attached hydrogens (tertiary/aromatic N) is 3. The lowest BCUT2D eigenvalue weighted by atomic mass is 10.1. The van der Waals surface area contributed by atoms with Gasteiger partial charge in [0.2, 0.25) is 0 Å². The average Bonchev–Trinajstić information content (AvgIpc) is 3.32. The van der Waals surface area contributed by atoms with Crippen LogP contribution in [0.2, 0.25) is 0 Å². The highest BCUT2D eigenvalue weighted by Crippen LogP contribution is 2.35. The number of thiazole rings is 1. The van der Waals surface area contributed by atoms with Crippen LogP contribution in [0.4, 0.5) is 4.79 Å². The van der Waals surface area contributed by atoms with Crippen LogP contribution in [0.15, 0.2) is 45.9 Å². The molecule has 0 aliphatic rings. The Morgan fingerprint density at radius 1 is 1.03 bits per heavy atom. The molecule has 34 heavy (non-hydrogen) atoms. The maximum absolute atomic E-state index is 12.8. The number of esters is 1. The molecule has 0 radical (unpaired) electrons. The summed E-state index contributed by atoms with van der Waals surface area (Å²) < 4.78 is 13.5. The van der Waals surface area contributed by atoms with Crippen molar-refractivity contribution in [1.82, 2.24) is 20.1 Å². The molecule has 0 unspecified atom stereocenters. The number of alkyl carbamates (subject to hydrolysis) is 1. The Morgan fingerprint density at radius 3 is 2.35 bits per heavy atom. The molecule has 1 amide bonds. The molecular weight excluding hydrogens is 472 g/mol. The molecule has 0 saturated carbocycles. The normalized spacial score (nSPS) is 11.9. The maximum Gasteiger partial charge on any atom is 0.408 e. The minimum absolute atomic E-state index is 0.277. The summed E-state index contributed by atoms with van der Waals surface area (Å²) in [4.78, 5) is 29.9. The van der Waals surface area contributed by atoms with Gasteiger partial charge in [0.25, 0.3) is 0 Å². The van der Waals surface area contributed by atoms with E-state index in [1.54, 1.807) is 17.1 Å². The Kier molecular flexibility index (Phi) is 7.72. The Hall–Kier alpha value is -2.85. The van der Waals surface area contributed by atoms with Crippen molar-refractivity contribution in [1.29, 1.82) is 0 Å². The SMILES string of the molecule is Cn1cc(-c2cc(Sc3cnc(CNC(=O)OC(C)(C)C)s3)cc(C(=O)OC(C)(C)C)c2)cn1. The van der Waals surface area contributed by atoms with Gasteiger partial charge in [0.15, 0.2) is 0 Å². The molecule has 182 valence electrons. The Morgan fingerprint density at radius 2 is 1.74 bits per heavy atom. The smallest absolute Gasteiger partial charge is 0.408 e. The van der Waals surface area contributed by atoms with E-state index in [4.69, 9.17) is 9.47 Å². The van der Waals surface area contributed by atoms with Crippen molar-refractivity contribution in [2.24, 2.45) is 7.05 Å². The summed E-state index contributed by atoms with van der Waals surface area (Å²) >= 11 is 2.96. The molecule has 0 saturated heterocycles. The van der Waals surface area contributed by atoms with E-state index in [1.165, 1.54) is 23.1 Å². The lowest BCUT2D eigenvalue weighted by Gasteiger charge is -2.20. The Bertz CT molecular complexity index is 1170. The van der Waals surface area contributed by atoms with Gasteiger partial charge in [-0.15, -0.1) is 11.3 Å². The van der Waals surface area contributed by atoms with Crippen LogP contribution < -0.4 is 5.32 Å². The predicted molar refractivity (Wildman–Crippen MR) is 133 cm³/mol. The molecule has 0 aliphatic carbocycles. The number of hydrogen-bond acceptors (Lipinski definition) is 8. The summed E-state index contributed by atoms with van der Waals surface area (Å²) in [6, 6.07) is 5.64. The highest BCUT2D eigenvalue weighted by molar-refractivity contribution is 8.01. The van der Waals surface area contributed by atoms with Crippen LogP contribution in [-0.2, 0) is 23.1 Å². The van der Waals surface area contributed by atoms with Crippen molar-refractivity contribution in [2.45, 2.75) is 68.4 Å². The molecule has 2 heterocycles. The zero-order valence-electron chi connectivity index (χ0n) is 20.5. The summed E-state index contributed by atoms with van der Waals surface area (Å²) in [6.45, 7) is 11.3. The van der Waals surface area contributed by atoms with E-state index in [0.717, 1.165) is 25.2 Å². The van der Waals surface area contributed by atoms with Gasteiger partial charge in [-0.25, -0.2) is 14.6 Å². The number of hydrogen-bond donors (Lipinski definition) is 1. The fourth-order valence-electron chi connectivity index (χ4n) is 2.85. The van der Waals surface area contributed by atoms with Gasteiger partial charge in [0.05, 0.1) is 28.7 Å². The van der Waals surface area contributed by atoms with Gasteiger partial charge in [-0.3, -0.25) is 4.68 Å². The third-order valence-corrected chi connectivity index (χ3v) is 6.18. The highest BCUT2D eigenvalue weighted by Gasteiger charge is 2.20. The predicted octanol–water partition coefficient (Wildman–Crippen LogP) is 5.67. The van der Waals surface area contributed by atoms with Crippen molar-refractivity contribution in [3.05, 3.63) is 47.4 Å². The third-order valence-electron chi connectivity index (χ3n) is 4.11. The van der Waals surface area contributed by atoms with Crippen molar-refractivity contribution in [3.63, 3.8) is 0 Å². The zero-order chi connectivity index (χ0) is 25.1. The number of benzene rings is 1. The minimum Gasteiger partial charge on any atom is -0.456 e. The molecule has 0 fully saturated rings. The monoisotopic (exact) mass is 502 g/mol. The first kappa shape index (κ1) is 25.8. The number of rotatable bonds is 6. The van der Waals surface area contributed by atoms with Crippen LogP contribution in [0, 0.1) is 0 Å². The lowest BCUT2D eigenvalue weighted by molar-refractivity contribution is 0.00689. The second-order valence-corrected chi connectivity index (χ2v) is 12.2. The number of carbonyl (C=O) groups is 2. The number of ether oxygens (including phenoxy) is 2. The molecule has 1 aromatic carbocycles. The molecular formula is C24H30N4O4S2. The van der Waals surface area contributed by atoms with Crippen LogP contribution in [0.5, 0.6) is 0 Å². The number of carbonyl (C=O) groups excluding carboxylic acids is 2. The lowest BCUT2D eigenvalue weighted by Crippen LogP contribution is -2.32. The van der Waals surface area contributed by atoms with Crippen LogP contribution in [0.25, 0.3) is 11.1 Å². The first-order valence-corrected chi connectivity index (χ1v) is 12.4.